The number of nitrogens with zero attached hydrogens (tertiary/aromatic N) is 3. The summed E-state index contributed by atoms with van der Waals surface area (Å²) in [5.74, 6) is 0. The number of rotatable bonds is 2. The van der Waals surface area contributed by atoms with Crippen LogP contribution in [0.25, 0.3) is 0 Å². The summed E-state index contributed by atoms with van der Waals surface area (Å²) >= 11 is 0. The van der Waals surface area contributed by atoms with E-state index in [0.717, 1.165) is 0 Å². The van der Waals surface area contributed by atoms with Crippen molar-refractivity contribution in [3.63, 3.8) is 0 Å². The van der Waals surface area contributed by atoms with Crippen molar-refractivity contribution in [1.29, 1.82) is 0 Å². The van der Waals surface area contributed by atoms with E-state index in [2.05, 4.69) is 10.2 Å². The Morgan fingerprint density at radius 2 is 2.09 bits per heavy atom. The van der Waals surface area contributed by atoms with Crippen molar-refractivity contribution in [3.05, 3.63) is 11.4 Å². The lowest BCUT2D eigenvalue weighted by Gasteiger charge is -1.92. The fraction of sp³-hybridized carbons (Fsp3) is 0.667. The molecule has 1 aromatic heterocycles. The van der Waals surface area contributed by atoms with Gasteiger partial charge in [0.2, 0.25) is 0 Å². The second-order valence-electron chi connectivity index (χ2n) is 2.18. The highest BCUT2D eigenvalue weighted by Crippen LogP contribution is 2.09. The zero-order valence-electron chi connectivity index (χ0n) is 6.38. The van der Waals surface area contributed by atoms with Crippen LogP contribution in [0.1, 0.15) is 24.9 Å². The number of alkyl halides is 2. The van der Waals surface area contributed by atoms with Gasteiger partial charge in [0.15, 0.2) is 0 Å². The van der Waals surface area contributed by atoms with Gasteiger partial charge in [-0.25, -0.2) is 0 Å². The molecule has 1 rings (SSSR count). The standard InChI is InChI=1S/C6H9F2N3/c1-3-5-4(2)9-11(10-5)6(7)8/h6H,3H2,1-2H3. The number of aromatic nitrogens is 3. The van der Waals surface area contributed by atoms with Crippen molar-refractivity contribution in [2.24, 2.45) is 0 Å². The molecule has 0 bridgehead atoms. The van der Waals surface area contributed by atoms with Gasteiger partial charge in [0.05, 0.1) is 11.4 Å². The molecule has 62 valence electrons. The highest BCUT2D eigenvalue weighted by molar-refractivity contribution is 5.05. The monoisotopic (exact) mass is 161 g/mol. The molecule has 11 heavy (non-hydrogen) atoms. The van der Waals surface area contributed by atoms with Crippen LogP contribution in [0.2, 0.25) is 0 Å². The average molecular weight is 161 g/mol. The molecule has 0 aliphatic heterocycles. The molecule has 0 amide bonds. The Balaban J connectivity index is 2.95. The van der Waals surface area contributed by atoms with Crippen LogP contribution in [0.15, 0.2) is 0 Å². The van der Waals surface area contributed by atoms with E-state index in [1.807, 2.05) is 6.92 Å². The van der Waals surface area contributed by atoms with Crippen molar-refractivity contribution in [3.8, 4) is 0 Å². The third kappa shape index (κ3) is 1.53. The first-order valence-electron chi connectivity index (χ1n) is 3.35. The fourth-order valence-electron chi connectivity index (χ4n) is 0.844. The number of hydrogen-bond donors (Lipinski definition) is 0. The molecule has 0 unspecified atom stereocenters. The minimum atomic E-state index is -2.63. The quantitative estimate of drug-likeness (QED) is 0.658. The molecule has 1 heterocycles. The largest absolute Gasteiger partial charge is 0.348 e. The first kappa shape index (κ1) is 8.10. The fourth-order valence-corrected chi connectivity index (χ4v) is 0.844. The molecule has 0 aromatic carbocycles. The Bertz CT molecular complexity index is 244. The van der Waals surface area contributed by atoms with E-state index >= 15 is 0 Å². The van der Waals surface area contributed by atoms with Gasteiger partial charge in [0.1, 0.15) is 0 Å². The highest BCUT2D eigenvalue weighted by Gasteiger charge is 2.11. The third-order valence-electron chi connectivity index (χ3n) is 1.40. The van der Waals surface area contributed by atoms with Crippen LogP contribution < -0.4 is 0 Å². The number of hydrogen-bond acceptors (Lipinski definition) is 2. The summed E-state index contributed by atoms with van der Waals surface area (Å²) in [6.45, 7) is 0.895. The molecule has 0 atom stereocenters. The van der Waals surface area contributed by atoms with Gasteiger partial charge >= 0.3 is 6.55 Å². The minimum Gasteiger partial charge on any atom is -0.182 e. The summed E-state index contributed by atoms with van der Waals surface area (Å²) in [4.78, 5) is 0.439. The van der Waals surface area contributed by atoms with Gasteiger partial charge in [0.25, 0.3) is 0 Å². The molecule has 3 nitrogen and oxygen atoms in total. The Hall–Kier alpha value is -1.00. The van der Waals surface area contributed by atoms with Crippen LogP contribution in [0.4, 0.5) is 8.78 Å². The summed E-state index contributed by atoms with van der Waals surface area (Å²) in [6.07, 6.45) is 0.637. The molecule has 5 heteroatoms. The molecule has 0 N–H and O–H groups in total. The van der Waals surface area contributed by atoms with E-state index in [9.17, 15) is 8.78 Å². The van der Waals surface area contributed by atoms with Crippen molar-refractivity contribution < 1.29 is 8.78 Å². The smallest absolute Gasteiger partial charge is 0.182 e. The van der Waals surface area contributed by atoms with Gasteiger partial charge in [-0.1, -0.05) is 6.92 Å². The maximum absolute atomic E-state index is 11.9. The van der Waals surface area contributed by atoms with Crippen LogP contribution in [0, 0.1) is 6.92 Å². The van der Waals surface area contributed by atoms with Crippen molar-refractivity contribution >= 4 is 0 Å². The lowest BCUT2D eigenvalue weighted by atomic mass is 10.3. The summed E-state index contributed by atoms with van der Waals surface area (Å²) in [6, 6.07) is 0. The first-order chi connectivity index (χ1) is 5.15. The molecule has 0 aliphatic rings. The molecule has 0 fully saturated rings. The lowest BCUT2D eigenvalue weighted by molar-refractivity contribution is 0.0407. The SMILES string of the molecule is CCc1nn(C(F)F)nc1C. The zero-order valence-corrected chi connectivity index (χ0v) is 6.38. The zero-order chi connectivity index (χ0) is 8.43. The predicted molar refractivity (Wildman–Crippen MR) is 35.4 cm³/mol. The molecule has 0 radical (unpaired) electrons. The molecular weight excluding hydrogens is 152 g/mol. The Labute approximate surface area is 63.0 Å². The van der Waals surface area contributed by atoms with E-state index in [-0.39, 0.29) is 0 Å². The van der Waals surface area contributed by atoms with Crippen molar-refractivity contribution in [2.45, 2.75) is 26.8 Å². The third-order valence-corrected chi connectivity index (χ3v) is 1.40. The topological polar surface area (TPSA) is 30.7 Å². The molecule has 1 aromatic rings. The van der Waals surface area contributed by atoms with Crippen molar-refractivity contribution in [1.82, 2.24) is 15.0 Å². The summed E-state index contributed by atoms with van der Waals surface area (Å²) < 4.78 is 23.9. The summed E-state index contributed by atoms with van der Waals surface area (Å²) in [7, 11) is 0. The summed E-state index contributed by atoms with van der Waals surface area (Å²) in [5.41, 5.74) is 1.21. The van der Waals surface area contributed by atoms with Crippen LogP contribution in [0.3, 0.4) is 0 Å². The van der Waals surface area contributed by atoms with Crippen LogP contribution >= 0.6 is 0 Å². The first-order valence-corrected chi connectivity index (χ1v) is 3.35. The van der Waals surface area contributed by atoms with Crippen LogP contribution in [0.5, 0.6) is 0 Å². The molecular formula is C6H9F2N3. The van der Waals surface area contributed by atoms with E-state index in [1.54, 1.807) is 6.92 Å². The molecule has 0 aliphatic carbocycles. The van der Waals surface area contributed by atoms with Crippen LogP contribution in [-0.4, -0.2) is 15.0 Å². The number of aryl methyl sites for hydroxylation is 2. The maximum atomic E-state index is 11.9. The van der Waals surface area contributed by atoms with Crippen LogP contribution in [-0.2, 0) is 6.42 Å². The van der Waals surface area contributed by atoms with Gasteiger partial charge in [-0.3, -0.25) is 0 Å². The summed E-state index contributed by atoms with van der Waals surface area (Å²) in [5, 5.41) is 7.12. The van der Waals surface area contributed by atoms with Crippen molar-refractivity contribution in [2.75, 3.05) is 0 Å². The average Bonchev–Trinajstić information content (AvgIpc) is 2.31. The lowest BCUT2D eigenvalue weighted by Crippen LogP contribution is -2.02. The Morgan fingerprint density at radius 1 is 1.45 bits per heavy atom. The van der Waals surface area contributed by atoms with Gasteiger partial charge < -0.3 is 0 Å². The van der Waals surface area contributed by atoms with Gasteiger partial charge in [0, 0.05) is 0 Å². The van der Waals surface area contributed by atoms with Gasteiger partial charge in [-0.15, -0.1) is 4.80 Å². The minimum absolute atomic E-state index is 0.439. The molecule has 0 spiro atoms. The van der Waals surface area contributed by atoms with E-state index < -0.39 is 6.55 Å². The van der Waals surface area contributed by atoms with Gasteiger partial charge in [-0.2, -0.15) is 19.0 Å². The van der Waals surface area contributed by atoms with Gasteiger partial charge in [-0.05, 0) is 13.3 Å². The highest BCUT2D eigenvalue weighted by atomic mass is 19.3. The van der Waals surface area contributed by atoms with E-state index in [4.69, 9.17) is 0 Å². The second-order valence-corrected chi connectivity index (χ2v) is 2.18. The number of halogens is 2. The second kappa shape index (κ2) is 2.94. The Morgan fingerprint density at radius 3 is 2.36 bits per heavy atom. The maximum Gasteiger partial charge on any atom is 0.348 e. The molecule has 0 saturated heterocycles. The van der Waals surface area contributed by atoms with E-state index in [1.165, 1.54) is 0 Å². The Kier molecular flexibility index (Phi) is 2.16. The van der Waals surface area contributed by atoms with E-state index in [0.29, 0.717) is 22.6 Å². The molecule has 0 saturated carbocycles. The normalized spacial score (nSPS) is 11.0. The predicted octanol–water partition coefficient (Wildman–Crippen LogP) is 1.54.